The summed E-state index contributed by atoms with van der Waals surface area (Å²) in [5.74, 6) is -0.0835. The third-order valence-corrected chi connectivity index (χ3v) is 2.78. The Balaban J connectivity index is 2.22. The average molecular weight is 240 g/mol. The Hall–Kier alpha value is -2.16. The number of rotatable bonds is 3. The third kappa shape index (κ3) is 2.74. The molecule has 0 saturated carbocycles. The molecule has 0 spiro atoms. The van der Waals surface area contributed by atoms with Gasteiger partial charge in [-0.3, -0.25) is 9.78 Å². The van der Waals surface area contributed by atoms with Crippen LogP contribution in [0.15, 0.2) is 42.7 Å². The minimum Gasteiger partial charge on any atom is -0.321 e. The molecule has 1 aromatic carbocycles. The van der Waals surface area contributed by atoms with E-state index >= 15 is 0 Å². The number of carbonyl (C=O) groups excluding carboxylic acids is 1. The summed E-state index contributed by atoms with van der Waals surface area (Å²) in [6.45, 7) is 3.99. The van der Waals surface area contributed by atoms with Gasteiger partial charge in [-0.15, -0.1) is 0 Å². The zero-order chi connectivity index (χ0) is 13.0. The molecule has 0 unspecified atom stereocenters. The first-order chi connectivity index (χ1) is 8.70. The molecule has 2 rings (SSSR count). The Morgan fingerprint density at radius 3 is 2.78 bits per heavy atom. The number of aromatic nitrogens is 1. The SMILES string of the molecule is CCc1ccccc1C(=O)Nc1cncc(C)c1. The van der Waals surface area contributed by atoms with Gasteiger partial charge in [0.05, 0.1) is 11.9 Å². The van der Waals surface area contributed by atoms with E-state index in [1.165, 1.54) is 0 Å². The lowest BCUT2D eigenvalue weighted by molar-refractivity contribution is 0.102. The second-order valence-electron chi connectivity index (χ2n) is 4.22. The molecule has 1 heterocycles. The van der Waals surface area contributed by atoms with Crippen LogP contribution in [0.5, 0.6) is 0 Å². The highest BCUT2D eigenvalue weighted by molar-refractivity contribution is 6.05. The van der Waals surface area contributed by atoms with Crippen molar-refractivity contribution in [1.82, 2.24) is 4.98 Å². The lowest BCUT2D eigenvalue weighted by atomic mass is 10.0. The van der Waals surface area contributed by atoms with Crippen LogP contribution < -0.4 is 5.32 Å². The van der Waals surface area contributed by atoms with Crippen molar-refractivity contribution in [2.24, 2.45) is 0 Å². The van der Waals surface area contributed by atoms with Gasteiger partial charge in [0.1, 0.15) is 0 Å². The Bertz CT molecular complexity index is 564. The fourth-order valence-corrected chi connectivity index (χ4v) is 1.87. The lowest BCUT2D eigenvalue weighted by Crippen LogP contribution is -2.14. The van der Waals surface area contributed by atoms with Gasteiger partial charge < -0.3 is 5.32 Å². The molecule has 0 radical (unpaired) electrons. The highest BCUT2D eigenvalue weighted by atomic mass is 16.1. The molecule has 0 bridgehead atoms. The van der Waals surface area contributed by atoms with Crippen molar-refractivity contribution in [3.63, 3.8) is 0 Å². The molecule has 0 atom stereocenters. The normalized spacial score (nSPS) is 10.1. The molecule has 2 aromatic rings. The van der Waals surface area contributed by atoms with E-state index in [4.69, 9.17) is 0 Å². The number of benzene rings is 1. The van der Waals surface area contributed by atoms with Crippen molar-refractivity contribution in [1.29, 1.82) is 0 Å². The Kier molecular flexibility index (Phi) is 3.72. The Morgan fingerprint density at radius 2 is 2.06 bits per heavy atom. The highest BCUT2D eigenvalue weighted by Gasteiger charge is 2.09. The molecule has 1 amide bonds. The second kappa shape index (κ2) is 5.45. The van der Waals surface area contributed by atoms with Crippen LogP contribution in [0.3, 0.4) is 0 Å². The van der Waals surface area contributed by atoms with E-state index in [1.807, 2.05) is 44.2 Å². The van der Waals surface area contributed by atoms with E-state index in [0.717, 1.165) is 28.8 Å². The number of hydrogen-bond acceptors (Lipinski definition) is 2. The predicted molar refractivity (Wildman–Crippen MR) is 72.7 cm³/mol. The smallest absolute Gasteiger partial charge is 0.255 e. The van der Waals surface area contributed by atoms with Gasteiger partial charge in [-0.1, -0.05) is 25.1 Å². The molecule has 18 heavy (non-hydrogen) atoms. The van der Waals surface area contributed by atoms with E-state index in [1.54, 1.807) is 12.4 Å². The molecule has 0 aliphatic carbocycles. The van der Waals surface area contributed by atoms with Crippen LogP contribution in [0, 0.1) is 6.92 Å². The maximum Gasteiger partial charge on any atom is 0.255 e. The first-order valence-corrected chi connectivity index (χ1v) is 6.01. The number of amides is 1. The van der Waals surface area contributed by atoms with E-state index in [2.05, 4.69) is 10.3 Å². The van der Waals surface area contributed by atoms with Crippen LogP contribution >= 0.6 is 0 Å². The first kappa shape index (κ1) is 12.3. The minimum absolute atomic E-state index is 0.0835. The van der Waals surface area contributed by atoms with Crippen molar-refractivity contribution in [3.8, 4) is 0 Å². The quantitative estimate of drug-likeness (QED) is 0.895. The van der Waals surface area contributed by atoms with Gasteiger partial charge in [0.15, 0.2) is 0 Å². The standard InChI is InChI=1S/C15H16N2O/c1-3-12-6-4-5-7-14(12)15(18)17-13-8-11(2)9-16-10-13/h4-10H,3H2,1-2H3,(H,17,18). The van der Waals surface area contributed by atoms with Crippen molar-refractivity contribution < 1.29 is 4.79 Å². The van der Waals surface area contributed by atoms with Crippen LogP contribution in [-0.4, -0.2) is 10.9 Å². The summed E-state index contributed by atoms with van der Waals surface area (Å²) in [7, 11) is 0. The van der Waals surface area contributed by atoms with Gasteiger partial charge in [0.25, 0.3) is 5.91 Å². The van der Waals surface area contributed by atoms with E-state index in [9.17, 15) is 4.79 Å². The molecule has 92 valence electrons. The number of anilines is 1. The van der Waals surface area contributed by atoms with Gasteiger partial charge >= 0.3 is 0 Å². The predicted octanol–water partition coefficient (Wildman–Crippen LogP) is 3.20. The van der Waals surface area contributed by atoms with Crippen LogP contribution in [0.25, 0.3) is 0 Å². The zero-order valence-corrected chi connectivity index (χ0v) is 10.6. The number of pyridine rings is 1. The minimum atomic E-state index is -0.0835. The molecule has 0 aliphatic heterocycles. The topological polar surface area (TPSA) is 42.0 Å². The maximum absolute atomic E-state index is 12.2. The molecule has 0 saturated heterocycles. The third-order valence-electron chi connectivity index (χ3n) is 2.78. The molecular weight excluding hydrogens is 224 g/mol. The highest BCUT2D eigenvalue weighted by Crippen LogP contribution is 2.13. The van der Waals surface area contributed by atoms with Crippen LogP contribution in [-0.2, 0) is 6.42 Å². The summed E-state index contributed by atoms with van der Waals surface area (Å²) in [6.07, 6.45) is 4.25. The van der Waals surface area contributed by atoms with Crippen LogP contribution in [0.1, 0.15) is 28.4 Å². The van der Waals surface area contributed by atoms with Gasteiger partial charge in [-0.2, -0.15) is 0 Å². The van der Waals surface area contributed by atoms with Gasteiger partial charge in [-0.05, 0) is 36.6 Å². The maximum atomic E-state index is 12.2. The molecule has 1 N–H and O–H groups in total. The fraction of sp³-hybridized carbons (Fsp3) is 0.200. The molecule has 0 aliphatic rings. The largest absolute Gasteiger partial charge is 0.321 e. The number of carbonyl (C=O) groups is 1. The Labute approximate surface area is 107 Å². The van der Waals surface area contributed by atoms with Gasteiger partial charge in [-0.25, -0.2) is 0 Å². The van der Waals surface area contributed by atoms with Crippen molar-refractivity contribution in [2.75, 3.05) is 5.32 Å². The molecular formula is C15H16N2O. The Morgan fingerprint density at radius 1 is 1.28 bits per heavy atom. The lowest BCUT2D eigenvalue weighted by Gasteiger charge is -2.08. The van der Waals surface area contributed by atoms with Gasteiger partial charge in [0, 0.05) is 11.8 Å². The summed E-state index contributed by atoms with van der Waals surface area (Å²) >= 11 is 0. The summed E-state index contributed by atoms with van der Waals surface area (Å²) in [5, 5.41) is 2.87. The average Bonchev–Trinajstić information content (AvgIpc) is 2.38. The number of aryl methyl sites for hydroxylation is 2. The van der Waals surface area contributed by atoms with Crippen molar-refractivity contribution in [3.05, 3.63) is 59.4 Å². The van der Waals surface area contributed by atoms with Crippen molar-refractivity contribution >= 4 is 11.6 Å². The van der Waals surface area contributed by atoms with Crippen LogP contribution in [0.4, 0.5) is 5.69 Å². The molecule has 3 nitrogen and oxygen atoms in total. The number of hydrogen-bond donors (Lipinski definition) is 1. The fourth-order valence-electron chi connectivity index (χ4n) is 1.87. The van der Waals surface area contributed by atoms with E-state index < -0.39 is 0 Å². The first-order valence-electron chi connectivity index (χ1n) is 6.01. The zero-order valence-electron chi connectivity index (χ0n) is 10.6. The van der Waals surface area contributed by atoms with E-state index in [-0.39, 0.29) is 5.91 Å². The second-order valence-corrected chi connectivity index (χ2v) is 4.22. The molecule has 3 heteroatoms. The monoisotopic (exact) mass is 240 g/mol. The summed E-state index contributed by atoms with van der Waals surface area (Å²) < 4.78 is 0. The summed E-state index contributed by atoms with van der Waals surface area (Å²) in [4.78, 5) is 16.2. The van der Waals surface area contributed by atoms with Crippen molar-refractivity contribution in [2.45, 2.75) is 20.3 Å². The van der Waals surface area contributed by atoms with E-state index in [0.29, 0.717) is 0 Å². The molecule has 1 aromatic heterocycles. The summed E-state index contributed by atoms with van der Waals surface area (Å²) in [6, 6.07) is 9.55. The summed E-state index contributed by atoms with van der Waals surface area (Å²) in [5.41, 5.74) is 3.53. The molecule has 0 fully saturated rings. The number of nitrogens with one attached hydrogen (secondary N) is 1. The van der Waals surface area contributed by atoms with Crippen LogP contribution in [0.2, 0.25) is 0 Å². The number of nitrogens with zero attached hydrogens (tertiary/aromatic N) is 1. The van der Waals surface area contributed by atoms with Gasteiger partial charge in [0.2, 0.25) is 0 Å².